The van der Waals surface area contributed by atoms with Crippen molar-refractivity contribution in [3.63, 3.8) is 0 Å². The molecule has 2 unspecified atom stereocenters. The number of aromatic nitrogens is 2. The van der Waals surface area contributed by atoms with Gasteiger partial charge in [-0.15, -0.1) is 0 Å². The largest absolute Gasteiger partial charge is 0.343 e. The number of carbonyl (C=O) groups excluding carboxylic acids is 2. The smallest absolute Gasteiger partial charge is 0.251 e. The summed E-state index contributed by atoms with van der Waals surface area (Å²) in [5, 5.41) is 6.85. The third kappa shape index (κ3) is 3.47. The summed E-state index contributed by atoms with van der Waals surface area (Å²) in [5.41, 5.74) is 3.16. The van der Waals surface area contributed by atoms with Crippen molar-refractivity contribution >= 4 is 11.8 Å². The van der Waals surface area contributed by atoms with E-state index in [0.29, 0.717) is 30.2 Å². The van der Waals surface area contributed by atoms with Crippen LogP contribution in [-0.4, -0.2) is 33.4 Å². The average molecular weight is 402 g/mol. The number of benzene rings is 2. The van der Waals surface area contributed by atoms with E-state index in [1.165, 1.54) is 11.1 Å². The molecule has 0 spiro atoms. The maximum Gasteiger partial charge on any atom is 0.251 e. The molecule has 7 heteroatoms. The lowest BCUT2D eigenvalue weighted by Gasteiger charge is -2.25. The first-order valence-electron chi connectivity index (χ1n) is 10.2. The zero-order valence-corrected chi connectivity index (χ0v) is 16.5. The fourth-order valence-corrected chi connectivity index (χ4v) is 4.42. The molecule has 2 heterocycles. The second-order valence-electron chi connectivity index (χ2n) is 7.80. The highest BCUT2D eigenvalue weighted by molar-refractivity contribution is 5.93. The normalized spacial score (nSPS) is 20.4. The van der Waals surface area contributed by atoms with Gasteiger partial charge in [0.1, 0.15) is 0 Å². The summed E-state index contributed by atoms with van der Waals surface area (Å²) in [7, 11) is 0. The Morgan fingerprint density at radius 3 is 2.80 bits per heavy atom. The predicted octanol–water partition coefficient (Wildman–Crippen LogP) is 3.00. The molecule has 5 rings (SSSR count). The van der Waals surface area contributed by atoms with Crippen LogP contribution in [0.3, 0.4) is 0 Å². The first-order valence-corrected chi connectivity index (χ1v) is 10.2. The van der Waals surface area contributed by atoms with E-state index in [0.717, 1.165) is 12.8 Å². The molecule has 152 valence electrons. The van der Waals surface area contributed by atoms with E-state index in [9.17, 15) is 9.59 Å². The van der Waals surface area contributed by atoms with Crippen LogP contribution >= 0.6 is 0 Å². The van der Waals surface area contributed by atoms with Crippen LogP contribution in [0.4, 0.5) is 0 Å². The van der Waals surface area contributed by atoms with Crippen LogP contribution < -0.4 is 5.32 Å². The molecular weight excluding hydrogens is 380 g/mol. The van der Waals surface area contributed by atoms with E-state index < -0.39 is 0 Å². The SMILES string of the molecule is O=C(NCc1nc(C2CC(=O)N(C3CCc4ccccc43)C2)no1)c1ccccc1. The van der Waals surface area contributed by atoms with Gasteiger partial charge in [-0.05, 0) is 36.1 Å². The van der Waals surface area contributed by atoms with E-state index in [1.807, 2.05) is 35.2 Å². The molecule has 1 aromatic heterocycles. The van der Waals surface area contributed by atoms with Crippen LogP contribution in [0.15, 0.2) is 59.1 Å². The van der Waals surface area contributed by atoms with Crippen molar-refractivity contribution in [2.75, 3.05) is 6.54 Å². The van der Waals surface area contributed by atoms with Gasteiger partial charge in [0.25, 0.3) is 5.91 Å². The fourth-order valence-electron chi connectivity index (χ4n) is 4.42. The minimum absolute atomic E-state index is 0.0902. The molecule has 7 nitrogen and oxygen atoms in total. The van der Waals surface area contributed by atoms with E-state index in [2.05, 4.69) is 27.6 Å². The van der Waals surface area contributed by atoms with Crippen molar-refractivity contribution in [3.05, 3.63) is 83.0 Å². The summed E-state index contributed by atoms with van der Waals surface area (Å²) in [6.07, 6.45) is 2.34. The first-order chi connectivity index (χ1) is 14.7. The average Bonchev–Trinajstić information content (AvgIpc) is 3.50. The highest BCUT2D eigenvalue weighted by atomic mass is 16.5. The molecule has 30 heavy (non-hydrogen) atoms. The molecule has 1 aliphatic heterocycles. The lowest BCUT2D eigenvalue weighted by molar-refractivity contribution is -0.129. The lowest BCUT2D eigenvalue weighted by Crippen LogP contribution is -2.28. The molecule has 2 aromatic carbocycles. The third-order valence-corrected chi connectivity index (χ3v) is 5.92. The Balaban J connectivity index is 1.23. The van der Waals surface area contributed by atoms with Crippen molar-refractivity contribution in [2.24, 2.45) is 0 Å². The molecule has 1 aliphatic carbocycles. The molecule has 2 aliphatic rings. The van der Waals surface area contributed by atoms with Gasteiger partial charge in [0, 0.05) is 24.4 Å². The quantitative estimate of drug-likeness (QED) is 0.709. The van der Waals surface area contributed by atoms with Gasteiger partial charge in [-0.3, -0.25) is 9.59 Å². The van der Waals surface area contributed by atoms with Crippen molar-refractivity contribution < 1.29 is 14.1 Å². The summed E-state index contributed by atoms with van der Waals surface area (Å²) < 4.78 is 5.31. The predicted molar refractivity (Wildman–Crippen MR) is 108 cm³/mol. The van der Waals surface area contributed by atoms with Crippen LogP contribution in [0.5, 0.6) is 0 Å². The number of nitrogens with one attached hydrogen (secondary N) is 1. The maximum absolute atomic E-state index is 12.7. The number of hydrogen-bond acceptors (Lipinski definition) is 5. The summed E-state index contributed by atoms with van der Waals surface area (Å²) in [4.78, 5) is 31.3. The molecule has 0 bridgehead atoms. The van der Waals surface area contributed by atoms with E-state index in [1.54, 1.807) is 12.1 Å². The van der Waals surface area contributed by atoms with Crippen LogP contribution in [0.1, 0.15) is 58.0 Å². The number of hydrogen-bond donors (Lipinski definition) is 1. The summed E-state index contributed by atoms with van der Waals surface area (Å²) in [6, 6.07) is 17.4. The highest BCUT2D eigenvalue weighted by Gasteiger charge is 2.39. The monoisotopic (exact) mass is 402 g/mol. The second-order valence-corrected chi connectivity index (χ2v) is 7.80. The van der Waals surface area contributed by atoms with Crippen molar-refractivity contribution in [3.8, 4) is 0 Å². The number of nitrogens with zero attached hydrogens (tertiary/aromatic N) is 3. The van der Waals surface area contributed by atoms with Gasteiger partial charge in [0.05, 0.1) is 12.6 Å². The van der Waals surface area contributed by atoms with Gasteiger partial charge in [-0.25, -0.2) is 0 Å². The van der Waals surface area contributed by atoms with Crippen molar-refractivity contribution in [1.29, 1.82) is 0 Å². The number of fused-ring (bicyclic) bond motifs is 1. The molecule has 1 fully saturated rings. The van der Waals surface area contributed by atoms with E-state index in [4.69, 9.17) is 4.52 Å². The number of amides is 2. The van der Waals surface area contributed by atoms with Crippen LogP contribution in [-0.2, 0) is 17.8 Å². The second kappa shape index (κ2) is 7.74. The molecule has 3 aromatic rings. The van der Waals surface area contributed by atoms with E-state index >= 15 is 0 Å². The molecule has 2 atom stereocenters. The number of aryl methyl sites for hydroxylation is 1. The molecule has 2 amide bonds. The molecular formula is C23H22N4O3. The molecule has 0 saturated carbocycles. The summed E-state index contributed by atoms with van der Waals surface area (Å²) >= 11 is 0. The fraction of sp³-hybridized carbons (Fsp3) is 0.304. The van der Waals surface area contributed by atoms with Gasteiger partial charge in [0.2, 0.25) is 11.8 Å². The summed E-state index contributed by atoms with van der Waals surface area (Å²) in [6.45, 7) is 0.744. The van der Waals surface area contributed by atoms with Gasteiger partial charge in [-0.2, -0.15) is 4.98 Å². The van der Waals surface area contributed by atoms with Gasteiger partial charge in [-0.1, -0.05) is 47.6 Å². The molecule has 1 N–H and O–H groups in total. The minimum atomic E-state index is -0.197. The highest BCUT2D eigenvalue weighted by Crippen LogP contribution is 2.40. The Labute approximate surface area is 174 Å². The zero-order valence-electron chi connectivity index (χ0n) is 16.5. The topological polar surface area (TPSA) is 88.3 Å². The summed E-state index contributed by atoms with van der Waals surface area (Å²) in [5.74, 6) is 0.711. The van der Waals surface area contributed by atoms with Crippen molar-refractivity contribution in [2.45, 2.75) is 37.8 Å². The Morgan fingerprint density at radius 1 is 1.13 bits per heavy atom. The third-order valence-electron chi connectivity index (χ3n) is 5.92. The minimum Gasteiger partial charge on any atom is -0.343 e. The van der Waals surface area contributed by atoms with Crippen molar-refractivity contribution in [1.82, 2.24) is 20.4 Å². The standard InChI is InChI=1S/C23H22N4O3/c28-21-12-17(14-27(21)19-11-10-15-6-4-5-9-18(15)19)22-25-20(30-26-22)13-24-23(29)16-7-2-1-3-8-16/h1-9,17,19H,10-14H2,(H,24,29). The molecule has 0 radical (unpaired) electrons. The lowest BCUT2D eigenvalue weighted by atomic mass is 10.1. The van der Waals surface area contributed by atoms with Crippen LogP contribution in [0, 0.1) is 0 Å². The van der Waals surface area contributed by atoms with Crippen LogP contribution in [0.25, 0.3) is 0 Å². The van der Waals surface area contributed by atoms with Gasteiger partial charge < -0.3 is 14.7 Å². The Bertz CT molecular complexity index is 1080. The van der Waals surface area contributed by atoms with Gasteiger partial charge in [0.15, 0.2) is 5.82 Å². The number of carbonyl (C=O) groups is 2. The maximum atomic E-state index is 12.7. The Morgan fingerprint density at radius 2 is 1.93 bits per heavy atom. The van der Waals surface area contributed by atoms with Crippen LogP contribution in [0.2, 0.25) is 0 Å². The number of likely N-dealkylation sites (tertiary alicyclic amines) is 1. The molecule has 1 saturated heterocycles. The zero-order chi connectivity index (χ0) is 20.5. The van der Waals surface area contributed by atoms with Gasteiger partial charge >= 0.3 is 0 Å². The Kier molecular flexibility index (Phi) is 4.78. The first kappa shape index (κ1) is 18.5. The van der Waals surface area contributed by atoms with E-state index in [-0.39, 0.29) is 30.3 Å². The number of rotatable bonds is 5. The Hall–Kier alpha value is -3.48.